The first-order chi connectivity index (χ1) is 14.2. The Labute approximate surface area is 171 Å². The summed E-state index contributed by atoms with van der Waals surface area (Å²) in [5, 5.41) is 19.3. The van der Waals surface area contributed by atoms with Crippen molar-refractivity contribution in [3.8, 4) is 22.6 Å². The average molecular weight is 406 g/mol. The summed E-state index contributed by atoms with van der Waals surface area (Å²) < 4.78 is 26.5. The van der Waals surface area contributed by atoms with E-state index in [4.69, 9.17) is 23.7 Å². The fraction of sp³-hybridized carbons (Fsp3) is 0.455. The van der Waals surface area contributed by atoms with Gasteiger partial charge in [-0.05, 0) is 35.4 Å². The van der Waals surface area contributed by atoms with E-state index in [-0.39, 0.29) is 19.0 Å². The smallest absolute Gasteiger partial charge is 0.119 e. The molecule has 0 amide bonds. The first kappa shape index (κ1) is 23.1. The second kappa shape index (κ2) is 13.9. The van der Waals surface area contributed by atoms with Crippen molar-refractivity contribution in [2.45, 2.75) is 6.10 Å². The van der Waals surface area contributed by atoms with Crippen molar-refractivity contribution in [1.29, 1.82) is 0 Å². The van der Waals surface area contributed by atoms with E-state index in [1.807, 2.05) is 36.4 Å². The van der Waals surface area contributed by atoms with Gasteiger partial charge in [0.1, 0.15) is 24.2 Å². The SMILES string of the molecule is COCCOCCOCCOCC(O)COc1ccc(-c2ccc(O)cc2)cc1. The monoisotopic (exact) mass is 406 g/mol. The van der Waals surface area contributed by atoms with Crippen LogP contribution in [0.1, 0.15) is 0 Å². The fourth-order valence-corrected chi connectivity index (χ4v) is 2.44. The molecular weight excluding hydrogens is 376 g/mol. The molecule has 0 aliphatic rings. The number of ether oxygens (including phenoxy) is 5. The highest BCUT2D eigenvalue weighted by Gasteiger charge is 2.06. The summed E-state index contributed by atoms with van der Waals surface area (Å²) in [6.45, 7) is 3.32. The van der Waals surface area contributed by atoms with E-state index in [0.717, 1.165) is 11.1 Å². The molecule has 0 saturated heterocycles. The Morgan fingerprint density at radius 2 is 1.21 bits per heavy atom. The summed E-state index contributed by atoms with van der Waals surface area (Å²) in [6.07, 6.45) is -0.718. The molecule has 0 aliphatic carbocycles. The van der Waals surface area contributed by atoms with Crippen molar-refractivity contribution in [2.24, 2.45) is 0 Å². The van der Waals surface area contributed by atoms with Crippen molar-refractivity contribution in [1.82, 2.24) is 0 Å². The van der Waals surface area contributed by atoms with Gasteiger partial charge in [0.2, 0.25) is 0 Å². The van der Waals surface area contributed by atoms with Crippen LogP contribution in [0.25, 0.3) is 11.1 Å². The summed E-state index contributed by atoms with van der Waals surface area (Å²) in [7, 11) is 1.63. The molecule has 7 heteroatoms. The third kappa shape index (κ3) is 9.74. The highest BCUT2D eigenvalue weighted by atomic mass is 16.6. The van der Waals surface area contributed by atoms with E-state index in [2.05, 4.69) is 0 Å². The lowest BCUT2D eigenvalue weighted by Gasteiger charge is -2.13. The van der Waals surface area contributed by atoms with Gasteiger partial charge < -0.3 is 33.9 Å². The second-order valence-electron chi connectivity index (χ2n) is 6.33. The van der Waals surface area contributed by atoms with Crippen LogP contribution in [0.4, 0.5) is 0 Å². The maximum absolute atomic E-state index is 9.95. The molecule has 2 aromatic rings. The predicted octanol–water partition coefficient (Wildman–Crippen LogP) is 2.50. The second-order valence-corrected chi connectivity index (χ2v) is 6.33. The Kier molecular flexibility index (Phi) is 11.1. The normalized spacial score (nSPS) is 12.1. The molecule has 0 fully saturated rings. The number of hydrogen-bond donors (Lipinski definition) is 2. The number of aromatic hydroxyl groups is 1. The number of benzene rings is 2. The van der Waals surface area contributed by atoms with Gasteiger partial charge in [-0.1, -0.05) is 24.3 Å². The van der Waals surface area contributed by atoms with Gasteiger partial charge in [-0.2, -0.15) is 0 Å². The zero-order chi connectivity index (χ0) is 20.7. The summed E-state index contributed by atoms with van der Waals surface area (Å²) in [4.78, 5) is 0. The quantitative estimate of drug-likeness (QED) is 0.440. The molecule has 0 heterocycles. The molecule has 2 rings (SSSR count). The molecule has 0 bridgehead atoms. The molecule has 0 saturated carbocycles. The van der Waals surface area contributed by atoms with E-state index in [0.29, 0.717) is 45.4 Å². The van der Waals surface area contributed by atoms with E-state index in [1.54, 1.807) is 19.2 Å². The number of aliphatic hydroxyl groups excluding tert-OH is 1. The lowest BCUT2D eigenvalue weighted by atomic mass is 10.1. The Morgan fingerprint density at radius 1 is 0.690 bits per heavy atom. The van der Waals surface area contributed by atoms with Crippen LogP contribution < -0.4 is 4.74 Å². The minimum atomic E-state index is -0.718. The van der Waals surface area contributed by atoms with Crippen LogP contribution in [0.15, 0.2) is 48.5 Å². The Balaban J connectivity index is 1.54. The molecule has 1 atom stereocenters. The van der Waals surface area contributed by atoms with Crippen molar-refractivity contribution in [3.05, 3.63) is 48.5 Å². The third-order valence-corrected chi connectivity index (χ3v) is 3.98. The van der Waals surface area contributed by atoms with Crippen LogP contribution in [0, 0.1) is 0 Å². The van der Waals surface area contributed by atoms with Gasteiger partial charge in [-0.3, -0.25) is 0 Å². The molecule has 0 aromatic heterocycles. The highest BCUT2D eigenvalue weighted by Crippen LogP contribution is 2.24. The Bertz CT molecular complexity index is 658. The lowest BCUT2D eigenvalue weighted by Crippen LogP contribution is -2.24. The van der Waals surface area contributed by atoms with Crippen LogP contribution in [-0.2, 0) is 18.9 Å². The lowest BCUT2D eigenvalue weighted by molar-refractivity contribution is -0.0227. The van der Waals surface area contributed by atoms with Gasteiger partial charge in [0, 0.05) is 7.11 Å². The number of phenols is 1. The van der Waals surface area contributed by atoms with Gasteiger partial charge >= 0.3 is 0 Å². The number of phenolic OH excluding ortho intramolecular Hbond substituents is 1. The van der Waals surface area contributed by atoms with Crippen molar-refractivity contribution >= 4 is 0 Å². The first-order valence-corrected chi connectivity index (χ1v) is 9.61. The number of methoxy groups -OCH3 is 1. The van der Waals surface area contributed by atoms with Gasteiger partial charge in [-0.25, -0.2) is 0 Å². The minimum Gasteiger partial charge on any atom is -0.508 e. The van der Waals surface area contributed by atoms with E-state index in [1.165, 1.54) is 0 Å². The number of aliphatic hydroxyl groups is 1. The zero-order valence-electron chi connectivity index (χ0n) is 16.8. The highest BCUT2D eigenvalue weighted by molar-refractivity contribution is 5.64. The van der Waals surface area contributed by atoms with Crippen molar-refractivity contribution in [3.63, 3.8) is 0 Å². The fourth-order valence-electron chi connectivity index (χ4n) is 2.44. The van der Waals surface area contributed by atoms with Crippen LogP contribution in [-0.4, -0.2) is 76.3 Å². The van der Waals surface area contributed by atoms with Crippen LogP contribution in [0.5, 0.6) is 11.5 Å². The van der Waals surface area contributed by atoms with Gasteiger partial charge in [0.25, 0.3) is 0 Å². The minimum absolute atomic E-state index is 0.146. The van der Waals surface area contributed by atoms with Crippen LogP contribution in [0.3, 0.4) is 0 Å². The van der Waals surface area contributed by atoms with Crippen molar-refractivity contribution < 1.29 is 33.9 Å². The van der Waals surface area contributed by atoms with Crippen molar-refractivity contribution in [2.75, 3.05) is 60.0 Å². The van der Waals surface area contributed by atoms with Crippen LogP contribution in [0.2, 0.25) is 0 Å². The third-order valence-electron chi connectivity index (χ3n) is 3.98. The maximum atomic E-state index is 9.95. The molecule has 0 aliphatic heterocycles. The molecule has 29 heavy (non-hydrogen) atoms. The Hall–Kier alpha value is -2.16. The standard InChI is InChI=1S/C22H30O7/c1-25-10-11-26-12-13-27-14-15-28-16-21(24)17-29-22-8-4-19(5-9-22)18-2-6-20(23)7-3-18/h2-9,21,23-24H,10-17H2,1H3. The van der Waals surface area contributed by atoms with E-state index < -0.39 is 6.10 Å². The molecule has 160 valence electrons. The maximum Gasteiger partial charge on any atom is 0.119 e. The summed E-state index contributed by atoms with van der Waals surface area (Å²) in [5.74, 6) is 0.909. The summed E-state index contributed by atoms with van der Waals surface area (Å²) in [6, 6.07) is 14.6. The topological polar surface area (TPSA) is 86.6 Å². The molecule has 2 N–H and O–H groups in total. The van der Waals surface area contributed by atoms with Crippen LogP contribution >= 0.6 is 0 Å². The number of hydrogen-bond acceptors (Lipinski definition) is 7. The summed E-state index contributed by atoms with van der Waals surface area (Å²) in [5.41, 5.74) is 2.02. The number of rotatable bonds is 15. The molecule has 7 nitrogen and oxygen atoms in total. The summed E-state index contributed by atoms with van der Waals surface area (Å²) >= 11 is 0. The van der Waals surface area contributed by atoms with E-state index in [9.17, 15) is 10.2 Å². The molecule has 1 unspecified atom stereocenters. The van der Waals surface area contributed by atoms with Gasteiger partial charge in [0.15, 0.2) is 0 Å². The largest absolute Gasteiger partial charge is 0.508 e. The van der Waals surface area contributed by atoms with Gasteiger partial charge in [-0.15, -0.1) is 0 Å². The molecule has 2 aromatic carbocycles. The Morgan fingerprint density at radius 3 is 1.79 bits per heavy atom. The van der Waals surface area contributed by atoms with Gasteiger partial charge in [0.05, 0.1) is 46.2 Å². The zero-order valence-corrected chi connectivity index (χ0v) is 16.8. The van der Waals surface area contributed by atoms with E-state index >= 15 is 0 Å². The molecule has 0 spiro atoms. The predicted molar refractivity (Wildman–Crippen MR) is 109 cm³/mol. The first-order valence-electron chi connectivity index (χ1n) is 9.61. The average Bonchev–Trinajstić information content (AvgIpc) is 2.74. The molecule has 0 radical (unpaired) electrons. The molecular formula is C22H30O7.